The van der Waals surface area contributed by atoms with Crippen LogP contribution in [0.5, 0.6) is 0 Å². The second-order valence-corrected chi connectivity index (χ2v) is 8.73. The van der Waals surface area contributed by atoms with Crippen LogP contribution in [0.2, 0.25) is 0 Å². The van der Waals surface area contributed by atoms with E-state index in [1.807, 2.05) is 12.1 Å². The van der Waals surface area contributed by atoms with Crippen molar-refractivity contribution < 1.29 is 23.9 Å². The zero-order valence-electron chi connectivity index (χ0n) is 18.4. The number of esters is 2. The summed E-state index contributed by atoms with van der Waals surface area (Å²) < 4.78 is 10.8. The maximum absolute atomic E-state index is 13.7. The van der Waals surface area contributed by atoms with Crippen molar-refractivity contribution in [3.8, 4) is 0 Å². The summed E-state index contributed by atoms with van der Waals surface area (Å²) in [5.74, 6) is -1.29. The Labute approximate surface area is 186 Å². The average Bonchev–Trinajstić information content (AvgIpc) is 3.12. The van der Waals surface area contributed by atoms with Crippen molar-refractivity contribution in [1.29, 1.82) is 0 Å². The predicted molar refractivity (Wildman–Crippen MR) is 119 cm³/mol. The molecule has 0 radical (unpaired) electrons. The minimum Gasteiger partial charge on any atom is -0.462 e. The molecule has 2 aromatic rings. The second-order valence-electron chi connectivity index (χ2n) is 7.75. The van der Waals surface area contributed by atoms with Crippen LogP contribution in [0.4, 0.5) is 5.13 Å². The number of anilines is 1. The molecule has 0 saturated carbocycles. The highest BCUT2D eigenvalue weighted by Gasteiger charge is 2.45. The van der Waals surface area contributed by atoms with Crippen molar-refractivity contribution in [2.75, 3.05) is 18.1 Å². The van der Waals surface area contributed by atoms with E-state index in [1.54, 1.807) is 37.8 Å². The lowest BCUT2D eigenvalue weighted by atomic mass is 9.89. The van der Waals surface area contributed by atoms with Crippen LogP contribution in [0, 0.1) is 6.92 Å². The number of thiazole rings is 1. The van der Waals surface area contributed by atoms with E-state index in [1.165, 1.54) is 0 Å². The van der Waals surface area contributed by atoms with E-state index in [2.05, 4.69) is 11.9 Å². The zero-order chi connectivity index (χ0) is 22.6. The number of unbranched alkanes of at least 4 members (excludes halogenated alkanes) is 2. The van der Waals surface area contributed by atoms with Crippen molar-refractivity contribution in [2.24, 2.45) is 0 Å². The third-order valence-electron chi connectivity index (χ3n) is 5.24. The van der Waals surface area contributed by atoms with Gasteiger partial charge in [-0.05, 0) is 38.8 Å². The van der Waals surface area contributed by atoms with Crippen molar-refractivity contribution in [2.45, 2.75) is 59.0 Å². The molecular weight excluding hydrogens is 416 g/mol. The Morgan fingerprint density at radius 3 is 2.71 bits per heavy atom. The molecule has 1 unspecified atom stereocenters. The molecule has 1 aromatic heterocycles. The summed E-state index contributed by atoms with van der Waals surface area (Å²) in [6, 6.07) is 7.17. The fraction of sp³-hybridized carbons (Fsp3) is 0.478. The highest BCUT2D eigenvalue weighted by molar-refractivity contribution is 7.17. The van der Waals surface area contributed by atoms with Crippen LogP contribution < -0.4 is 4.90 Å². The number of carbonyl (C=O) groups excluding carboxylic acids is 3. The van der Waals surface area contributed by atoms with Gasteiger partial charge in [-0.2, -0.15) is 0 Å². The standard InChI is InChI=1S/C23H28N2O5S/c1-5-7-10-13-25(22-24-15(3)18(31-22)20(27)29-6-2)21(28)23(4)14-16-11-8-9-12-17(16)19(26)30-23/h8-9,11-12H,5-7,10,13-14H2,1-4H3. The largest absolute Gasteiger partial charge is 0.462 e. The molecule has 0 N–H and O–H groups in total. The van der Waals surface area contributed by atoms with Crippen LogP contribution in [0.1, 0.15) is 71.3 Å². The summed E-state index contributed by atoms with van der Waals surface area (Å²) in [5.41, 5.74) is 0.440. The van der Waals surface area contributed by atoms with Gasteiger partial charge < -0.3 is 9.47 Å². The zero-order valence-corrected chi connectivity index (χ0v) is 19.2. The summed E-state index contributed by atoms with van der Waals surface area (Å²) >= 11 is 1.13. The van der Waals surface area contributed by atoms with Crippen LogP contribution in [0.15, 0.2) is 24.3 Å². The number of rotatable bonds is 8. The lowest BCUT2D eigenvalue weighted by Gasteiger charge is -2.36. The number of ether oxygens (including phenoxy) is 2. The summed E-state index contributed by atoms with van der Waals surface area (Å²) in [7, 11) is 0. The van der Waals surface area contributed by atoms with Gasteiger partial charge in [0.1, 0.15) is 4.88 Å². The number of cyclic esters (lactones) is 1. The van der Waals surface area contributed by atoms with Gasteiger partial charge in [-0.3, -0.25) is 9.69 Å². The number of carbonyl (C=O) groups is 3. The number of benzene rings is 1. The number of fused-ring (bicyclic) bond motifs is 1. The minimum atomic E-state index is -1.35. The van der Waals surface area contributed by atoms with Crippen LogP contribution >= 0.6 is 11.3 Å². The molecule has 166 valence electrons. The molecule has 0 aliphatic carbocycles. The molecule has 1 aliphatic heterocycles. The maximum atomic E-state index is 13.7. The lowest BCUT2D eigenvalue weighted by molar-refractivity contribution is -0.136. The van der Waals surface area contributed by atoms with Crippen molar-refractivity contribution in [1.82, 2.24) is 4.98 Å². The van der Waals surface area contributed by atoms with Crippen LogP contribution in [-0.4, -0.2) is 41.6 Å². The molecule has 0 saturated heterocycles. The van der Waals surface area contributed by atoms with Gasteiger partial charge in [0, 0.05) is 13.0 Å². The molecule has 8 heteroatoms. The van der Waals surface area contributed by atoms with Gasteiger partial charge in [0.15, 0.2) is 10.7 Å². The molecule has 0 bridgehead atoms. The van der Waals surface area contributed by atoms with Gasteiger partial charge >= 0.3 is 11.9 Å². The molecule has 0 fully saturated rings. The predicted octanol–water partition coefficient (Wildman–Crippen LogP) is 4.32. The fourth-order valence-electron chi connectivity index (χ4n) is 3.63. The first-order valence-electron chi connectivity index (χ1n) is 10.6. The number of aryl methyl sites for hydroxylation is 1. The molecular formula is C23H28N2O5S. The molecule has 7 nitrogen and oxygen atoms in total. The highest BCUT2D eigenvalue weighted by Crippen LogP contribution is 2.34. The molecule has 1 amide bonds. The summed E-state index contributed by atoms with van der Waals surface area (Å²) in [6.45, 7) is 7.88. The van der Waals surface area contributed by atoms with E-state index in [-0.39, 0.29) is 18.9 Å². The van der Waals surface area contributed by atoms with Crippen LogP contribution in [0.3, 0.4) is 0 Å². The topological polar surface area (TPSA) is 85.8 Å². The van der Waals surface area contributed by atoms with Crippen molar-refractivity contribution in [3.05, 3.63) is 46.0 Å². The number of hydrogen-bond acceptors (Lipinski definition) is 7. The second kappa shape index (κ2) is 9.60. The van der Waals surface area contributed by atoms with E-state index < -0.39 is 17.5 Å². The normalized spacial score (nSPS) is 17.6. The molecule has 1 aromatic carbocycles. The Kier molecular flexibility index (Phi) is 7.10. The molecule has 1 aliphatic rings. The number of amides is 1. The first kappa shape index (κ1) is 22.9. The summed E-state index contributed by atoms with van der Waals surface area (Å²) in [4.78, 5) is 44.9. The first-order valence-corrected chi connectivity index (χ1v) is 11.4. The third kappa shape index (κ3) is 4.79. The Morgan fingerprint density at radius 1 is 1.26 bits per heavy atom. The molecule has 3 rings (SSSR count). The van der Waals surface area contributed by atoms with E-state index in [0.717, 1.165) is 36.2 Å². The monoisotopic (exact) mass is 444 g/mol. The van der Waals surface area contributed by atoms with E-state index in [0.29, 0.717) is 27.8 Å². The number of aromatic nitrogens is 1. The van der Waals surface area contributed by atoms with Crippen LogP contribution in [0.25, 0.3) is 0 Å². The van der Waals surface area contributed by atoms with E-state index >= 15 is 0 Å². The number of hydrogen-bond donors (Lipinski definition) is 0. The van der Waals surface area contributed by atoms with E-state index in [4.69, 9.17) is 9.47 Å². The smallest absolute Gasteiger partial charge is 0.350 e. The van der Waals surface area contributed by atoms with Gasteiger partial charge in [-0.15, -0.1) is 0 Å². The maximum Gasteiger partial charge on any atom is 0.350 e. The fourth-order valence-corrected chi connectivity index (χ4v) is 4.61. The lowest BCUT2D eigenvalue weighted by Crippen LogP contribution is -2.53. The van der Waals surface area contributed by atoms with Crippen molar-refractivity contribution >= 4 is 34.3 Å². The van der Waals surface area contributed by atoms with Gasteiger partial charge in [0.25, 0.3) is 5.91 Å². The quantitative estimate of drug-likeness (QED) is 0.445. The molecule has 0 spiro atoms. The van der Waals surface area contributed by atoms with Gasteiger partial charge in [-0.25, -0.2) is 14.6 Å². The summed E-state index contributed by atoms with van der Waals surface area (Å²) in [5, 5.41) is 0.415. The average molecular weight is 445 g/mol. The minimum absolute atomic E-state index is 0.262. The van der Waals surface area contributed by atoms with Crippen molar-refractivity contribution in [3.63, 3.8) is 0 Å². The third-order valence-corrected chi connectivity index (χ3v) is 6.40. The molecule has 31 heavy (non-hydrogen) atoms. The SMILES string of the molecule is CCCCCN(C(=O)C1(C)Cc2ccccc2C(=O)O1)c1nc(C)c(C(=O)OCC)s1. The van der Waals surface area contributed by atoms with Crippen LogP contribution in [-0.2, 0) is 20.7 Å². The highest BCUT2D eigenvalue weighted by atomic mass is 32.1. The van der Waals surface area contributed by atoms with Gasteiger partial charge in [0.05, 0.1) is 17.9 Å². The summed E-state index contributed by atoms with van der Waals surface area (Å²) in [6.07, 6.45) is 2.99. The first-order chi connectivity index (χ1) is 14.8. The van der Waals surface area contributed by atoms with Gasteiger partial charge in [-0.1, -0.05) is 49.3 Å². The molecule has 1 atom stereocenters. The Bertz CT molecular complexity index is 986. The van der Waals surface area contributed by atoms with Gasteiger partial charge in [0.2, 0.25) is 0 Å². The molecule has 2 heterocycles. The number of nitrogens with zero attached hydrogens (tertiary/aromatic N) is 2. The Morgan fingerprint density at radius 2 is 2.00 bits per heavy atom. The Balaban J connectivity index is 1.94. The Hall–Kier alpha value is -2.74. The van der Waals surface area contributed by atoms with E-state index in [9.17, 15) is 14.4 Å².